The van der Waals surface area contributed by atoms with Crippen LogP contribution < -0.4 is 10.6 Å². The number of rotatable bonds is 8. The third-order valence-electron chi connectivity index (χ3n) is 3.81. The van der Waals surface area contributed by atoms with Crippen molar-refractivity contribution in [3.05, 3.63) is 0 Å². The molecule has 1 aliphatic rings. The Morgan fingerprint density at radius 1 is 1.40 bits per heavy atom. The topological polar surface area (TPSA) is 68.2 Å². The van der Waals surface area contributed by atoms with Gasteiger partial charge in [-0.2, -0.15) is 0 Å². The van der Waals surface area contributed by atoms with E-state index in [-0.39, 0.29) is 17.9 Å². The van der Waals surface area contributed by atoms with Crippen LogP contribution in [0.2, 0.25) is 0 Å². The molecule has 0 spiro atoms. The molecule has 2 atom stereocenters. The average Bonchev–Trinajstić information content (AvgIpc) is 2.54. The van der Waals surface area contributed by atoms with E-state index in [9.17, 15) is 4.79 Å². The minimum atomic E-state index is -0.610. The van der Waals surface area contributed by atoms with Crippen LogP contribution in [0.15, 0.2) is 0 Å². The molecule has 0 radical (unpaired) electrons. The molecular weight excluding hydrogens is 252 g/mol. The number of hydrogen-bond donors (Lipinski definition) is 3. The lowest BCUT2D eigenvalue weighted by atomic mass is 9.90. The number of guanidine groups is 1. The second-order valence-corrected chi connectivity index (χ2v) is 6.42. The summed E-state index contributed by atoms with van der Waals surface area (Å²) in [5.74, 6) is 0.731. The molecule has 1 fully saturated rings. The van der Waals surface area contributed by atoms with E-state index in [1.165, 1.54) is 0 Å². The molecule has 5 heteroatoms. The van der Waals surface area contributed by atoms with E-state index in [4.69, 9.17) is 5.41 Å². The van der Waals surface area contributed by atoms with Crippen LogP contribution in [0.4, 0.5) is 0 Å². The number of nitrogens with zero attached hydrogens (tertiary/aromatic N) is 1. The maximum atomic E-state index is 12.6. The van der Waals surface area contributed by atoms with E-state index in [0.29, 0.717) is 5.92 Å². The molecule has 20 heavy (non-hydrogen) atoms. The van der Waals surface area contributed by atoms with Gasteiger partial charge in [0.2, 0.25) is 0 Å². The van der Waals surface area contributed by atoms with Gasteiger partial charge in [0.1, 0.15) is 5.54 Å². The van der Waals surface area contributed by atoms with Crippen molar-refractivity contribution in [3.8, 4) is 0 Å². The summed E-state index contributed by atoms with van der Waals surface area (Å²) in [6, 6.07) is 0.0788. The number of carbonyl (C=O) groups is 1. The minimum Gasteiger partial charge on any atom is -0.342 e. The standard InChI is InChI=1S/C15H30N4O/c1-6-17-9-7-8-12(4)19-13(20)15(5,10-11(2)3)18-14(19)16/h11-12,17H,6-10H2,1-5H3,(H2,16,18). The second-order valence-electron chi connectivity index (χ2n) is 6.42. The number of carbonyl (C=O) groups excluding carboxylic acids is 1. The summed E-state index contributed by atoms with van der Waals surface area (Å²) in [6.45, 7) is 12.2. The quantitative estimate of drug-likeness (QED) is 0.596. The van der Waals surface area contributed by atoms with E-state index in [0.717, 1.165) is 32.4 Å². The second kappa shape index (κ2) is 7.07. The van der Waals surface area contributed by atoms with Crippen LogP contribution in [0.3, 0.4) is 0 Å². The summed E-state index contributed by atoms with van der Waals surface area (Å²) in [5.41, 5.74) is -0.610. The molecule has 0 aliphatic carbocycles. The van der Waals surface area contributed by atoms with Crippen molar-refractivity contribution in [2.75, 3.05) is 13.1 Å². The lowest BCUT2D eigenvalue weighted by Crippen LogP contribution is -2.46. The van der Waals surface area contributed by atoms with Crippen molar-refractivity contribution in [1.82, 2.24) is 15.5 Å². The molecule has 5 nitrogen and oxygen atoms in total. The first-order valence-corrected chi connectivity index (χ1v) is 7.73. The highest BCUT2D eigenvalue weighted by Crippen LogP contribution is 2.26. The van der Waals surface area contributed by atoms with Crippen molar-refractivity contribution in [2.24, 2.45) is 5.92 Å². The Morgan fingerprint density at radius 3 is 2.60 bits per heavy atom. The molecular formula is C15H30N4O. The summed E-state index contributed by atoms with van der Waals surface area (Å²) >= 11 is 0. The zero-order valence-electron chi connectivity index (χ0n) is 13.5. The molecule has 1 saturated heterocycles. The van der Waals surface area contributed by atoms with Gasteiger partial charge in [-0.3, -0.25) is 15.1 Å². The largest absolute Gasteiger partial charge is 0.342 e. The van der Waals surface area contributed by atoms with E-state index >= 15 is 0 Å². The Bertz CT molecular complexity index is 356. The molecule has 0 aromatic rings. The van der Waals surface area contributed by atoms with Crippen molar-refractivity contribution in [1.29, 1.82) is 5.41 Å². The zero-order valence-corrected chi connectivity index (χ0v) is 13.5. The van der Waals surface area contributed by atoms with Crippen LogP contribution in [0.25, 0.3) is 0 Å². The summed E-state index contributed by atoms with van der Waals surface area (Å²) in [6.07, 6.45) is 2.70. The number of amides is 1. The summed E-state index contributed by atoms with van der Waals surface area (Å²) in [5, 5.41) is 14.4. The maximum absolute atomic E-state index is 12.6. The van der Waals surface area contributed by atoms with Crippen molar-refractivity contribution >= 4 is 11.9 Å². The molecule has 0 aromatic carbocycles. The molecule has 0 saturated carbocycles. The molecule has 116 valence electrons. The van der Waals surface area contributed by atoms with Crippen LogP contribution in [-0.4, -0.2) is 41.4 Å². The highest BCUT2D eigenvalue weighted by atomic mass is 16.2. The zero-order chi connectivity index (χ0) is 15.3. The fourth-order valence-corrected chi connectivity index (χ4v) is 2.95. The third-order valence-corrected chi connectivity index (χ3v) is 3.81. The smallest absolute Gasteiger partial charge is 0.254 e. The minimum absolute atomic E-state index is 0.0483. The van der Waals surface area contributed by atoms with E-state index in [1.807, 2.05) is 13.8 Å². The van der Waals surface area contributed by atoms with Gasteiger partial charge in [0, 0.05) is 6.04 Å². The average molecular weight is 282 g/mol. The summed E-state index contributed by atoms with van der Waals surface area (Å²) < 4.78 is 0. The van der Waals surface area contributed by atoms with Crippen LogP contribution >= 0.6 is 0 Å². The SMILES string of the molecule is CCNCCCC(C)N1C(=N)NC(C)(CC(C)C)C1=O. The molecule has 1 aliphatic heterocycles. The van der Waals surface area contributed by atoms with Gasteiger partial charge in [0.15, 0.2) is 5.96 Å². The summed E-state index contributed by atoms with van der Waals surface area (Å²) in [4.78, 5) is 14.2. The molecule has 0 bridgehead atoms. The molecule has 0 aromatic heterocycles. The van der Waals surface area contributed by atoms with Crippen LogP contribution in [0, 0.1) is 11.3 Å². The fourth-order valence-electron chi connectivity index (χ4n) is 2.95. The van der Waals surface area contributed by atoms with Gasteiger partial charge in [-0.25, -0.2) is 0 Å². The van der Waals surface area contributed by atoms with Crippen LogP contribution in [0.5, 0.6) is 0 Å². The van der Waals surface area contributed by atoms with E-state index in [1.54, 1.807) is 4.90 Å². The van der Waals surface area contributed by atoms with Crippen LogP contribution in [-0.2, 0) is 4.79 Å². The highest BCUT2D eigenvalue weighted by molar-refractivity contribution is 6.07. The Kier molecular flexibility index (Phi) is 5.99. The van der Waals surface area contributed by atoms with Gasteiger partial charge in [-0.1, -0.05) is 20.8 Å². The van der Waals surface area contributed by atoms with Crippen molar-refractivity contribution in [3.63, 3.8) is 0 Å². The fraction of sp³-hybridized carbons (Fsp3) is 0.867. The number of nitrogens with one attached hydrogen (secondary N) is 3. The van der Waals surface area contributed by atoms with Crippen molar-refractivity contribution in [2.45, 2.75) is 65.5 Å². The lowest BCUT2D eigenvalue weighted by Gasteiger charge is -2.26. The van der Waals surface area contributed by atoms with Gasteiger partial charge in [0.05, 0.1) is 0 Å². The van der Waals surface area contributed by atoms with Gasteiger partial charge >= 0.3 is 0 Å². The van der Waals surface area contributed by atoms with Gasteiger partial charge < -0.3 is 10.6 Å². The molecule has 1 rings (SSSR count). The normalized spacial score (nSPS) is 24.4. The predicted molar refractivity (Wildman–Crippen MR) is 82.8 cm³/mol. The monoisotopic (exact) mass is 282 g/mol. The summed E-state index contributed by atoms with van der Waals surface area (Å²) in [7, 11) is 0. The predicted octanol–water partition coefficient (Wildman–Crippen LogP) is 1.94. The van der Waals surface area contributed by atoms with Crippen molar-refractivity contribution < 1.29 is 4.79 Å². The molecule has 1 heterocycles. The Morgan fingerprint density at radius 2 is 2.05 bits per heavy atom. The van der Waals surface area contributed by atoms with E-state index in [2.05, 4.69) is 31.4 Å². The van der Waals surface area contributed by atoms with Gasteiger partial charge in [-0.05, 0) is 52.1 Å². The number of hydrogen-bond acceptors (Lipinski definition) is 3. The third kappa shape index (κ3) is 3.95. The Labute approximate surface area is 123 Å². The Balaban J connectivity index is 2.62. The molecule has 3 N–H and O–H groups in total. The first-order valence-electron chi connectivity index (χ1n) is 7.73. The van der Waals surface area contributed by atoms with E-state index < -0.39 is 5.54 Å². The lowest BCUT2D eigenvalue weighted by molar-refractivity contribution is -0.132. The Hall–Kier alpha value is -1.10. The first kappa shape index (κ1) is 17.0. The first-order chi connectivity index (χ1) is 9.31. The maximum Gasteiger partial charge on any atom is 0.254 e. The van der Waals surface area contributed by atoms with Crippen LogP contribution in [0.1, 0.15) is 53.9 Å². The van der Waals surface area contributed by atoms with Gasteiger partial charge in [-0.15, -0.1) is 0 Å². The molecule has 2 unspecified atom stereocenters. The van der Waals surface area contributed by atoms with Gasteiger partial charge in [0.25, 0.3) is 5.91 Å². The highest BCUT2D eigenvalue weighted by Gasteiger charge is 2.47. The molecule has 1 amide bonds.